The van der Waals surface area contributed by atoms with Crippen molar-refractivity contribution >= 4 is 16.6 Å². The Kier molecular flexibility index (Phi) is 6.52. The van der Waals surface area contributed by atoms with Gasteiger partial charge in [-0.15, -0.1) is 0 Å². The zero-order chi connectivity index (χ0) is 11.9. The fourth-order valence-electron chi connectivity index (χ4n) is 0.837. The third kappa shape index (κ3) is 3.49. The fraction of sp³-hybridized carbons (Fsp3) is 1.00. The molecule has 0 amide bonds. The predicted octanol–water partition coefficient (Wildman–Crippen LogP) is 1.95. The molecule has 0 unspecified atom stereocenters. The lowest BCUT2D eigenvalue weighted by Gasteiger charge is -2.32. The standard InChI is InChI=1S/C6H12F6OSi2/c7-1-14(2-8,3-9)13-15(4-10,5-11)6-12/h1-6H2. The molecule has 0 saturated carbocycles. The van der Waals surface area contributed by atoms with Crippen LogP contribution in [0.15, 0.2) is 0 Å². The first kappa shape index (κ1) is 15.0. The van der Waals surface area contributed by atoms with Crippen LogP contribution in [-0.2, 0) is 4.12 Å². The highest BCUT2D eigenvalue weighted by atomic mass is 28.4. The Balaban J connectivity index is 4.74. The quantitative estimate of drug-likeness (QED) is 0.484. The van der Waals surface area contributed by atoms with E-state index in [1.54, 1.807) is 0 Å². The highest BCUT2D eigenvalue weighted by molar-refractivity contribution is 6.87. The highest BCUT2D eigenvalue weighted by Crippen LogP contribution is 2.18. The van der Waals surface area contributed by atoms with Crippen molar-refractivity contribution in [2.45, 2.75) is 0 Å². The minimum Gasteiger partial charge on any atom is -0.446 e. The van der Waals surface area contributed by atoms with Crippen molar-refractivity contribution in [2.75, 3.05) is 37.8 Å². The van der Waals surface area contributed by atoms with Gasteiger partial charge in [-0.3, -0.25) is 26.3 Å². The molecule has 0 aliphatic rings. The summed E-state index contributed by atoms with van der Waals surface area (Å²) >= 11 is 0. The van der Waals surface area contributed by atoms with E-state index in [0.717, 1.165) is 0 Å². The zero-order valence-corrected chi connectivity index (χ0v) is 9.92. The third-order valence-corrected chi connectivity index (χ3v) is 8.28. The van der Waals surface area contributed by atoms with Gasteiger partial charge < -0.3 is 4.12 Å². The summed E-state index contributed by atoms with van der Waals surface area (Å²) in [4.78, 5) is 0. The largest absolute Gasteiger partial charge is 0.446 e. The molecule has 9 heteroatoms. The van der Waals surface area contributed by atoms with E-state index < -0.39 is 54.4 Å². The van der Waals surface area contributed by atoms with E-state index in [2.05, 4.69) is 4.12 Å². The molecule has 15 heavy (non-hydrogen) atoms. The van der Waals surface area contributed by atoms with Gasteiger partial charge in [-0.05, 0) is 0 Å². The molecule has 0 heterocycles. The molecule has 0 aromatic carbocycles. The van der Waals surface area contributed by atoms with Gasteiger partial charge in [0, 0.05) is 0 Å². The summed E-state index contributed by atoms with van der Waals surface area (Å²) in [5.41, 5.74) is 0. The molecule has 0 aromatic heterocycles. The maximum absolute atomic E-state index is 12.4. The lowest BCUT2D eigenvalue weighted by atomic mass is 11.7. The smallest absolute Gasteiger partial charge is 0.274 e. The van der Waals surface area contributed by atoms with E-state index in [1.807, 2.05) is 0 Å². The van der Waals surface area contributed by atoms with Crippen LogP contribution >= 0.6 is 0 Å². The number of alkyl halides is 6. The maximum atomic E-state index is 12.4. The van der Waals surface area contributed by atoms with Crippen molar-refractivity contribution in [1.29, 1.82) is 0 Å². The van der Waals surface area contributed by atoms with Crippen molar-refractivity contribution in [2.24, 2.45) is 0 Å². The summed E-state index contributed by atoms with van der Waals surface area (Å²) in [6.07, 6.45) is -8.70. The van der Waals surface area contributed by atoms with Crippen LogP contribution in [-0.4, -0.2) is 54.4 Å². The predicted molar refractivity (Wildman–Crippen MR) is 48.4 cm³/mol. The van der Waals surface area contributed by atoms with E-state index in [-0.39, 0.29) is 0 Å². The lowest BCUT2D eigenvalue weighted by molar-refractivity contribution is 0.343. The molecule has 0 N–H and O–H groups in total. The summed E-state index contributed by atoms with van der Waals surface area (Å²) < 4.78 is 78.7. The van der Waals surface area contributed by atoms with Crippen LogP contribution in [0.1, 0.15) is 0 Å². The molecule has 0 aliphatic heterocycles. The molecule has 0 bridgehead atoms. The van der Waals surface area contributed by atoms with Gasteiger partial charge in [-0.2, -0.15) is 0 Å². The molecule has 0 rings (SSSR count). The van der Waals surface area contributed by atoms with Crippen molar-refractivity contribution in [3.8, 4) is 0 Å². The number of hydrogen-bond acceptors (Lipinski definition) is 1. The second-order valence-electron chi connectivity index (χ2n) is 3.27. The number of halogens is 6. The second kappa shape index (κ2) is 6.53. The third-order valence-electron chi connectivity index (χ3n) is 1.89. The molecule has 0 fully saturated rings. The van der Waals surface area contributed by atoms with Crippen molar-refractivity contribution < 1.29 is 30.5 Å². The number of rotatable bonds is 8. The molecular formula is C6H12F6OSi2. The van der Waals surface area contributed by atoms with Gasteiger partial charge in [0.2, 0.25) is 0 Å². The molecule has 0 spiro atoms. The normalized spacial score (nSPS) is 13.2. The first-order valence-corrected chi connectivity index (χ1v) is 9.19. The summed E-state index contributed by atoms with van der Waals surface area (Å²) in [7, 11) is -8.15. The van der Waals surface area contributed by atoms with Crippen LogP contribution in [0.3, 0.4) is 0 Å². The van der Waals surface area contributed by atoms with Gasteiger partial charge in [0.25, 0.3) is 16.6 Å². The Hall–Kier alpha value is -0.0262. The minimum atomic E-state index is -4.07. The second-order valence-corrected chi connectivity index (χ2v) is 10.4. The van der Waals surface area contributed by atoms with Crippen molar-refractivity contribution in [3.05, 3.63) is 0 Å². The van der Waals surface area contributed by atoms with Gasteiger partial charge in [0.15, 0.2) is 0 Å². The Labute approximate surface area is 85.7 Å². The van der Waals surface area contributed by atoms with Gasteiger partial charge in [0.1, 0.15) is 37.8 Å². The Morgan fingerprint density at radius 2 is 0.733 bits per heavy atom. The zero-order valence-electron chi connectivity index (χ0n) is 7.92. The van der Waals surface area contributed by atoms with Crippen LogP contribution in [0.2, 0.25) is 0 Å². The van der Waals surface area contributed by atoms with E-state index in [9.17, 15) is 26.3 Å². The molecule has 92 valence electrons. The first-order chi connectivity index (χ1) is 7.07. The molecule has 0 aromatic rings. The molecule has 0 radical (unpaired) electrons. The lowest BCUT2D eigenvalue weighted by Crippen LogP contribution is -2.61. The van der Waals surface area contributed by atoms with E-state index in [4.69, 9.17) is 0 Å². The van der Waals surface area contributed by atoms with E-state index >= 15 is 0 Å². The molecular weight excluding hydrogens is 258 g/mol. The Morgan fingerprint density at radius 3 is 0.867 bits per heavy atom. The fourth-order valence-corrected chi connectivity index (χ4v) is 6.25. The van der Waals surface area contributed by atoms with Gasteiger partial charge in [-0.25, -0.2) is 0 Å². The molecule has 0 saturated heterocycles. The Bertz CT molecular complexity index is 140. The van der Waals surface area contributed by atoms with Gasteiger partial charge >= 0.3 is 0 Å². The monoisotopic (exact) mass is 270 g/mol. The summed E-state index contributed by atoms with van der Waals surface area (Å²) in [6, 6.07) is 0. The molecule has 0 aliphatic carbocycles. The average Bonchev–Trinajstić information content (AvgIpc) is 2.33. The minimum absolute atomic E-state index is 1.45. The summed E-state index contributed by atoms with van der Waals surface area (Å²) in [5, 5.41) is 0. The number of hydrogen-bond donors (Lipinski definition) is 0. The molecule has 0 atom stereocenters. The SMILES string of the molecule is FC[Si](CF)(CF)O[Si](CF)(CF)CF. The summed E-state index contributed by atoms with van der Waals surface area (Å²) in [6.45, 7) is 0. The highest BCUT2D eigenvalue weighted by Gasteiger charge is 2.48. The first-order valence-electron chi connectivity index (χ1n) is 4.13. The van der Waals surface area contributed by atoms with Gasteiger partial charge in [-0.1, -0.05) is 0 Å². The van der Waals surface area contributed by atoms with Crippen LogP contribution < -0.4 is 0 Å². The Morgan fingerprint density at radius 1 is 0.533 bits per heavy atom. The van der Waals surface area contributed by atoms with Crippen molar-refractivity contribution in [1.82, 2.24) is 0 Å². The van der Waals surface area contributed by atoms with E-state index in [0.29, 0.717) is 0 Å². The molecule has 1 nitrogen and oxygen atoms in total. The van der Waals surface area contributed by atoms with Crippen LogP contribution in [0.25, 0.3) is 0 Å². The summed E-state index contributed by atoms with van der Waals surface area (Å²) in [5.74, 6) is 0. The van der Waals surface area contributed by atoms with E-state index in [1.165, 1.54) is 0 Å². The van der Waals surface area contributed by atoms with Crippen molar-refractivity contribution in [3.63, 3.8) is 0 Å². The average molecular weight is 270 g/mol. The van der Waals surface area contributed by atoms with Crippen LogP contribution in [0, 0.1) is 0 Å². The van der Waals surface area contributed by atoms with Crippen LogP contribution in [0.4, 0.5) is 26.3 Å². The topological polar surface area (TPSA) is 9.23 Å². The maximum Gasteiger partial charge on any atom is 0.274 e. The van der Waals surface area contributed by atoms with Gasteiger partial charge in [0.05, 0.1) is 0 Å². The van der Waals surface area contributed by atoms with Crippen LogP contribution in [0.5, 0.6) is 0 Å².